The first-order valence-electron chi connectivity index (χ1n) is 6.82. The van der Waals surface area contributed by atoms with Crippen molar-refractivity contribution in [2.45, 2.75) is 26.4 Å². The van der Waals surface area contributed by atoms with Gasteiger partial charge in [-0.15, -0.1) is 0 Å². The van der Waals surface area contributed by atoms with E-state index in [1.807, 2.05) is 43.0 Å². The Morgan fingerprint density at radius 1 is 1.24 bits per heavy atom. The highest BCUT2D eigenvalue weighted by Crippen LogP contribution is 2.26. The molecule has 0 spiro atoms. The summed E-state index contributed by atoms with van der Waals surface area (Å²) in [5.74, 6) is -0.404. The molecule has 0 atom stereocenters. The van der Waals surface area contributed by atoms with Crippen LogP contribution in [0.3, 0.4) is 0 Å². The fourth-order valence-electron chi connectivity index (χ4n) is 2.26. The molecule has 3 nitrogen and oxygen atoms in total. The lowest BCUT2D eigenvalue weighted by Crippen LogP contribution is -2.31. The average molecular weight is 283 g/mol. The second kappa shape index (κ2) is 6.27. The molecule has 0 saturated carbocycles. The van der Waals surface area contributed by atoms with E-state index in [9.17, 15) is 9.65 Å². The third kappa shape index (κ3) is 3.32. The SMILES string of the molecule is CC(C)N(Cc1ccccc1N)c1ccc(F)cc1C#N. The van der Waals surface area contributed by atoms with Gasteiger partial charge in [0, 0.05) is 18.3 Å². The van der Waals surface area contributed by atoms with Gasteiger partial charge in [-0.1, -0.05) is 18.2 Å². The lowest BCUT2D eigenvalue weighted by molar-refractivity contribution is 0.625. The number of nitrogens with zero attached hydrogens (tertiary/aromatic N) is 2. The molecule has 0 heterocycles. The highest BCUT2D eigenvalue weighted by atomic mass is 19.1. The van der Waals surface area contributed by atoms with Gasteiger partial charge < -0.3 is 10.6 Å². The lowest BCUT2D eigenvalue weighted by atomic mass is 10.1. The van der Waals surface area contributed by atoms with E-state index in [1.54, 1.807) is 6.07 Å². The van der Waals surface area contributed by atoms with Crippen molar-refractivity contribution in [3.8, 4) is 6.07 Å². The molecule has 2 rings (SSSR count). The summed E-state index contributed by atoms with van der Waals surface area (Å²) in [6.45, 7) is 4.64. The standard InChI is InChI=1S/C17H18FN3/c1-12(2)21(11-13-5-3-4-6-16(13)20)17-8-7-15(18)9-14(17)10-19/h3-9,12H,11,20H2,1-2H3. The van der Waals surface area contributed by atoms with Crippen molar-refractivity contribution in [1.29, 1.82) is 5.26 Å². The number of nitrogen functional groups attached to an aromatic ring is 1. The minimum absolute atomic E-state index is 0.155. The van der Waals surface area contributed by atoms with Gasteiger partial charge >= 0.3 is 0 Å². The van der Waals surface area contributed by atoms with E-state index in [0.29, 0.717) is 17.8 Å². The van der Waals surface area contributed by atoms with Crippen LogP contribution in [0.25, 0.3) is 0 Å². The Bertz CT molecular complexity index is 674. The molecule has 2 aromatic carbocycles. The molecule has 0 aliphatic heterocycles. The van der Waals surface area contributed by atoms with Gasteiger partial charge in [0.05, 0.1) is 11.3 Å². The van der Waals surface area contributed by atoms with E-state index in [0.717, 1.165) is 11.3 Å². The lowest BCUT2D eigenvalue weighted by Gasteiger charge is -2.30. The molecule has 0 saturated heterocycles. The van der Waals surface area contributed by atoms with Gasteiger partial charge in [-0.2, -0.15) is 5.26 Å². The summed E-state index contributed by atoms with van der Waals surface area (Å²) in [7, 11) is 0. The molecular weight excluding hydrogens is 265 g/mol. The molecular formula is C17H18FN3. The zero-order valence-corrected chi connectivity index (χ0v) is 12.2. The molecule has 0 aliphatic carbocycles. The molecule has 108 valence electrons. The van der Waals surface area contributed by atoms with Crippen LogP contribution in [-0.2, 0) is 6.54 Å². The zero-order chi connectivity index (χ0) is 15.4. The van der Waals surface area contributed by atoms with Crippen molar-refractivity contribution in [3.63, 3.8) is 0 Å². The highest BCUT2D eigenvalue weighted by Gasteiger charge is 2.16. The maximum absolute atomic E-state index is 13.3. The van der Waals surface area contributed by atoms with Gasteiger partial charge in [-0.05, 0) is 43.7 Å². The minimum atomic E-state index is -0.404. The van der Waals surface area contributed by atoms with E-state index in [4.69, 9.17) is 5.73 Å². The number of benzene rings is 2. The van der Waals surface area contributed by atoms with Crippen molar-refractivity contribution in [3.05, 3.63) is 59.4 Å². The molecule has 0 radical (unpaired) electrons. The molecule has 2 aromatic rings. The van der Waals surface area contributed by atoms with E-state index in [-0.39, 0.29) is 6.04 Å². The molecule has 0 bridgehead atoms. The van der Waals surface area contributed by atoms with Crippen LogP contribution in [0.15, 0.2) is 42.5 Å². The number of nitriles is 1. The first-order chi connectivity index (χ1) is 10.0. The summed E-state index contributed by atoms with van der Waals surface area (Å²) in [5.41, 5.74) is 8.74. The second-order valence-electron chi connectivity index (χ2n) is 5.19. The van der Waals surface area contributed by atoms with Gasteiger partial charge in [0.1, 0.15) is 11.9 Å². The third-order valence-corrected chi connectivity index (χ3v) is 3.41. The normalized spacial score (nSPS) is 10.4. The van der Waals surface area contributed by atoms with Crippen molar-refractivity contribution < 1.29 is 4.39 Å². The first kappa shape index (κ1) is 14.9. The summed E-state index contributed by atoms with van der Waals surface area (Å²) >= 11 is 0. The molecule has 21 heavy (non-hydrogen) atoms. The molecule has 0 amide bonds. The third-order valence-electron chi connectivity index (χ3n) is 3.41. The van der Waals surface area contributed by atoms with Crippen molar-refractivity contribution in [2.75, 3.05) is 10.6 Å². The van der Waals surface area contributed by atoms with Crippen LogP contribution < -0.4 is 10.6 Å². The number of hydrogen-bond acceptors (Lipinski definition) is 3. The fraction of sp³-hybridized carbons (Fsp3) is 0.235. The Labute approximate surface area is 124 Å². The van der Waals surface area contributed by atoms with Crippen LogP contribution >= 0.6 is 0 Å². The largest absolute Gasteiger partial charge is 0.398 e. The Kier molecular flexibility index (Phi) is 4.44. The van der Waals surface area contributed by atoms with Crippen molar-refractivity contribution in [1.82, 2.24) is 0 Å². The summed E-state index contributed by atoms with van der Waals surface area (Å²) in [6.07, 6.45) is 0. The van der Waals surface area contributed by atoms with Crippen LogP contribution in [0.2, 0.25) is 0 Å². The van der Waals surface area contributed by atoms with E-state index in [2.05, 4.69) is 6.07 Å². The monoisotopic (exact) mass is 283 g/mol. The summed E-state index contributed by atoms with van der Waals surface area (Å²) < 4.78 is 13.3. The maximum Gasteiger partial charge on any atom is 0.124 e. The second-order valence-corrected chi connectivity index (χ2v) is 5.19. The molecule has 4 heteroatoms. The molecule has 2 N–H and O–H groups in total. The fourth-order valence-corrected chi connectivity index (χ4v) is 2.26. The van der Waals surface area contributed by atoms with E-state index in [1.165, 1.54) is 12.1 Å². The molecule has 0 fully saturated rings. The zero-order valence-electron chi connectivity index (χ0n) is 12.2. The summed E-state index contributed by atoms with van der Waals surface area (Å²) in [5, 5.41) is 9.23. The molecule has 0 aromatic heterocycles. The van der Waals surface area contributed by atoms with Gasteiger partial charge in [0.2, 0.25) is 0 Å². The molecule has 0 aliphatic rings. The predicted molar refractivity (Wildman–Crippen MR) is 83.3 cm³/mol. The van der Waals surface area contributed by atoms with Gasteiger partial charge in [0.15, 0.2) is 0 Å². The van der Waals surface area contributed by atoms with Gasteiger partial charge in [0.25, 0.3) is 0 Å². The number of halogens is 1. The van der Waals surface area contributed by atoms with Gasteiger partial charge in [-0.3, -0.25) is 0 Å². The number of para-hydroxylation sites is 1. The van der Waals surface area contributed by atoms with Crippen LogP contribution in [0.5, 0.6) is 0 Å². The Morgan fingerprint density at radius 3 is 2.57 bits per heavy atom. The predicted octanol–water partition coefficient (Wildman–Crippen LogP) is 3.69. The van der Waals surface area contributed by atoms with Gasteiger partial charge in [-0.25, -0.2) is 4.39 Å². The smallest absolute Gasteiger partial charge is 0.124 e. The van der Waals surface area contributed by atoms with Crippen molar-refractivity contribution in [2.24, 2.45) is 0 Å². The minimum Gasteiger partial charge on any atom is -0.398 e. The average Bonchev–Trinajstić information content (AvgIpc) is 2.46. The number of rotatable bonds is 4. The van der Waals surface area contributed by atoms with Crippen LogP contribution in [0.1, 0.15) is 25.0 Å². The number of nitrogens with two attached hydrogens (primary N) is 1. The maximum atomic E-state index is 13.3. The molecule has 0 unspecified atom stereocenters. The Balaban J connectivity index is 2.41. The summed E-state index contributed by atoms with van der Waals surface area (Å²) in [4.78, 5) is 2.05. The quantitative estimate of drug-likeness (QED) is 0.871. The van der Waals surface area contributed by atoms with Crippen LogP contribution in [0.4, 0.5) is 15.8 Å². The Hall–Kier alpha value is -2.54. The topological polar surface area (TPSA) is 53.0 Å². The summed E-state index contributed by atoms with van der Waals surface area (Å²) in [6, 6.07) is 14.1. The first-order valence-corrected chi connectivity index (χ1v) is 6.82. The highest BCUT2D eigenvalue weighted by molar-refractivity contribution is 5.61. The Morgan fingerprint density at radius 2 is 1.95 bits per heavy atom. The van der Waals surface area contributed by atoms with Crippen molar-refractivity contribution >= 4 is 11.4 Å². The van der Waals surface area contributed by atoms with Crippen LogP contribution in [-0.4, -0.2) is 6.04 Å². The number of hydrogen-bond donors (Lipinski definition) is 1. The van der Waals surface area contributed by atoms with Crippen LogP contribution in [0, 0.1) is 17.1 Å². The number of anilines is 2. The van der Waals surface area contributed by atoms with E-state index < -0.39 is 5.82 Å². The van der Waals surface area contributed by atoms with E-state index >= 15 is 0 Å².